The first-order chi connectivity index (χ1) is 12.8. The van der Waals surface area contributed by atoms with E-state index in [1.54, 1.807) is 11.3 Å². The fourth-order valence-corrected chi connectivity index (χ4v) is 7.38. The molecule has 2 aromatic heterocycles. The van der Waals surface area contributed by atoms with Crippen LogP contribution in [0.5, 0.6) is 0 Å². The fraction of sp³-hybridized carbons (Fsp3) is 0.571. The molecule has 4 bridgehead atoms. The molecule has 4 fully saturated rings. The third-order valence-corrected chi connectivity index (χ3v) is 8.17. The molecular weight excluding hydrogens is 340 g/mol. The highest BCUT2D eigenvalue weighted by molar-refractivity contribution is 7.16. The summed E-state index contributed by atoms with van der Waals surface area (Å²) in [5.74, 6) is 3.87. The summed E-state index contributed by atoms with van der Waals surface area (Å²) in [6.45, 7) is 0. The lowest BCUT2D eigenvalue weighted by atomic mass is 9.50. The molecule has 1 aromatic carbocycles. The van der Waals surface area contributed by atoms with Gasteiger partial charge in [0.2, 0.25) is 4.96 Å². The van der Waals surface area contributed by atoms with E-state index in [2.05, 4.69) is 40.5 Å². The highest BCUT2D eigenvalue weighted by Crippen LogP contribution is 2.61. The Labute approximate surface area is 157 Å². The lowest BCUT2D eigenvalue weighted by Gasteiger charge is -2.55. The smallest absolute Gasteiger partial charge is 0.187 e. The van der Waals surface area contributed by atoms with Crippen molar-refractivity contribution in [3.05, 3.63) is 46.7 Å². The minimum atomic E-state index is 0.358. The van der Waals surface area contributed by atoms with Crippen LogP contribution in [0.2, 0.25) is 0 Å². The van der Waals surface area contributed by atoms with Crippen molar-refractivity contribution >= 4 is 16.3 Å². The molecule has 134 valence electrons. The van der Waals surface area contributed by atoms with E-state index in [1.807, 2.05) is 4.52 Å². The molecule has 4 nitrogen and oxygen atoms in total. The summed E-state index contributed by atoms with van der Waals surface area (Å²) in [5.41, 5.74) is 1.71. The first-order valence-corrected chi connectivity index (χ1v) is 10.8. The quantitative estimate of drug-likeness (QED) is 0.687. The molecular formula is C21H24N4S. The van der Waals surface area contributed by atoms with E-state index in [1.165, 1.54) is 49.1 Å². The molecule has 3 aromatic rings. The summed E-state index contributed by atoms with van der Waals surface area (Å²) < 4.78 is 2.04. The summed E-state index contributed by atoms with van der Waals surface area (Å²) in [5, 5.41) is 15.3. The molecule has 0 atom stereocenters. The second-order valence-corrected chi connectivity index (χ2v) is 9.86. The molecule has 0 N–H and O–H groups in total. The van der Waals surface area contributed by atoms with Gasteiger partial charge in [-0.3, -0.25) is 0 Å². The normalized spacial score (nSPS) is 32.5. The van der Waals surface area contributed by atoms with Crippen LogP contribution in [0.1, 0.15) is 54.9 Å². The van der Waals surface area contributed by atoms with Crippen LogP contribution in [-0.2, 0) is 18.3 Å². The van der Waals surface area contributed by atoms with Gasteiger partial charge < -0.3 is 0 Å². The molecule has 0 amide bonds. The first kappa shape index (κ1) is 15.3. The number of fused-ring (bicyclic) bond motifs is 1. The third-order valence-electron chi connectivity index (χ3n) is 7.03. The van der Waals surface area contributed by atoms with Gasteiger partial charge in [-0.1, -0.05) is 41.7 Å². The van der Waals surface area contributed by atoms with E-state index in [9.17, 15) is 0 Å². The Bertz CT molecular complexity index is 906. The summed E-state index contributed by atoms with van der Waals surface area (Å²) in [4.78, 5) is 0.985. The largest absolute Gasteiger partial charge is 0.234 e. The predicted octanol–water partition coefficient (Wildman–Crippen LogP) is 4.44. The molecule has 0 unspecified atom stereocenters. The number of aryl methyl sites for hydroxylation is 2. The Balaban J connectivity index is 1.30. The molecule has 4 aliphatic rings. The summed E-state index contributed by atoms with van der Waals surface area (Å²) in [6.07, 6.45) is 10.4. The number of hydrogen-bond acceptors (Lipinski definition) is 4. The number of benzene rings is 1. The monoisotopic (exact) mass is 364 g/mol. The Kier molecular flexibility index (Phi) is 3.31. The van der Waals surface area contributed by atoms with Crippen molar-refractivity contribution in [1.82, 2.24) is 19.8 Å². The Hall–Kier alpha value is -1.75. The van der Waals surface area contributed by atoms with Gasteiger partial charge in [0.05, 0.1) is 0 Å². The molecule has 5 heteroatoms. The third kappa shape index (κ3) is 2.36. The van der Waals surface area contributed by atoms with Gasteiger partial charge in [-0.05, 0) is 68.3 Å². The lowest BCUT2D eigenvalue weighted by molar-refractivity contribution is -0.00567. The van der Waals surface area contributed by atoms with Crippen molar-refractivity contribution in [1.29, 1.82) is 0 Å². The standard InChI is InChI=1S/C21H24N4S/c1-2-4-14(5-3-1)6-7-18-22-23-20-25(18)24-19(26-20)21-11-15-8-16(12-21)10-17(9-15)13-21/h1-5,15-17H,6-13H2. The van der Waals surface area contributed by atoms with Gasteiger partial charge in [0.25, 0.3) is 0 Å². The van der Waals surface area contributed by atoms with Crippen LogP contribution in [0.4, 0.5) is 0 Å². The Morgan fingerprint density at radius 2 is 1.62 bits per heavy atom. The fourth-order valence-electron chi connectivity index (χ4n) is 6.30. The maximum absolute atomic E-state index is 5.09. The second-order valence-electron chi connectivity index (χ2n) is 8.90. The maximum atomic E-state index is 5.09. The molecule has 4 aliphatic carbocycles. The van der Waals surface area contributed by atoms with E-state index >= 15 is 0 Å². The summed E-state index contributed by atoms with van der Waals surface area (Å²) in [6, 6.07) is 10.6. The van der Waals surface area contributed by atoms with Gasteiger partial charge in [0.1, 0.15) is 5.01 Å². The molecule has 26 heavy (non-hydrogen) atoms. The van der Waals surface area contributed by atoms with Gasteiger partial charge >= 0.3 is 0 Å². The molecule has 7 rings (SSSR count). The van der Waals surface area contributed by atoms with Crippen molar-refractivity contribution < 1.29 is 0 Å². The summed E-state index contributed by atoms with van der Waals surface area (Å²) >= 11 is 1.81. The number of aromatic nitrogens is 4. The zero-order valence-corrected chi connectivity index (χ0v) is 15.8. The molecule has 0 spiro atoms. The maximum Gasteiger partial charge on any atom is 0.234 e. The second kappa shape index (κ2) is 5.62. The van der Waals surface area contributed by atoms with Gasteiger partial charge in [-0.25, -0.2) is 0 Å². The molecule has 0 saturated heterocycles. The SMILES string of the molecule is c1ccc(CCc2nnc3sc(C45CC6CC(CC(C6)C4)C5)nn23)cc1. The van der Waals surface area contributed by atoms with E-state index in [0.717, 1.165) is 41.4 Å². The highest BCUT2D eigenvalue weighted by Gasteiger charge is 2.53. The minimum absolute atomic E-state index is 0.358. The van der Waals surface area contributed by atoms with Crippen molar-refractivity contribution in [3.8, 4) is 0 Å². The van der Waals surface area contributed by atoms with Crippen molar-refractivity contribution in [3.63, 3.8) is 0 Å². The lowest BCUT2D eigenvalue weighted by Crippen LogP contribution is -2.48. The number of nitrogens with zero attached hydrogens (tertiary/aromatic N) is 4. The van der Waals surface area contributed by atoms with Crippen LogP contribution in [0.25, 0.3) is 4.96 Å². The zero-order chi connectivity index (χ0) is 17.1. The predicted molar refractivity (Wildman–Crippen MR) is 102 cm³/mol. The van der Waals surface area contributed by atoms with E-state index in [0.29, 0.717) is 5.41 Å². The van der Waals surface area contributed by atoms with Crippen molar-refractivity contribution in [2.45, 2.75) is 56.8 Å². The number of hydrogen-bond donors (Lipinski definition) is 0. The van der Waals surface area contributed by atoms with Gasteiger partial charge in [0.15, 0.2) is 5.82 Å². The van der Waals surface area contributed by atoms with Crippen LogP contribution in [0.3, 0.4) is 0 Å². The molecule has 2 heterocycles. The average Bonchev–Trinajstić information content (AvgIpc) is 3.21. The van der Waals surface area contributed by atoms with Crippen LogP contribution in [-0.4, -0.2) is 19.8 Å². The molecule has 0 aliphatic heterocycles. The van der Waals surface area contributed by atoms with Crippen molar-refractivity contribution in [2.24, 2.45) is 17.8 Å². The molecule has 0 radical (unpaired) electrons. The highest BCUT2D eigenvalue weighted by atomic mass is 32.1. The van der Waals surface area contributed by atoms with Crippen molar-refractivity contribution in [2.75, 3.05) is 0 Å². The van der Waals surface area contributed by atoms with Crippen LogP contribution in [0, 0.1) is 17.8 Å². The van der Waals surface area contributed by atoms with Gasteiger partial charge in [-0.15, -0.1) is 10.2 Å². The Morgan fingerprint density at radius 3 is 2.31 bits per heavy atom. The Morgan fingerprint density at radius 1 is 0.923 bits per heavy atom. The van der Waals surface area contributed by atoms with Gasteiger partial charge in [-0.2, -0.15) is 9.61 Å². The minimum Gasteiger partial charge on any atom is -0.187 e. The number of rotatable bonds is 4. The van der Waals surface area contributed by atoms with E-state index in [4.69, 9.17) is 5.10 Å². The summed E-state index contributed by atoms with van der Waals surface area (Å²) in [7, 11) is 0. The van der Waals surface area contributed by atoms with Crippen LogP contribution in [0.15, 0.2) is 30.3 Å². The topological polar surface area (TPSA) is 43.1 Å². The molecule has 4 saturated carbocycles. The first-order valence-electron chi connectivity index (χ1n) is 10.0. The average molecular weight is 365 g/mol. The zero-order valence-electron chi connectivity index (χ0n) is 15.0. The van der Waals surface area contributed by atoms with E-state index in [-0.39, 0.29) is 0 Å². The van der Waals surface area contributed by atoms with E-state index < -0.39 is 0 Å². The van der Waals surface area contributed by atoms with Gasteiger partial charge in [0, 0.05) is 11.8 Å². The van der Waals surface area contributed by atoms with Crippen LogP contribution >= 0.6 is 11.3 Å². The van der Waals surface area contributed by atoms with Crippen LogP contribution < -0.4 is 0 Å².